The Kier molecular flexibility index (Phi) is 2.17. The van der Waals surface area contributed by atoms with Crippen molar-refractivity contribution in [2.75, 3.05) is 0 Å². The summed E-state index contributed by atoms with van der Waals surface area (Å²) in [5, 5.41) is 7.58. The van der Waals surface area contributed by atoms with Gasteiger partial charge in [-0.3, -0.25) is 0 Å². The minimum absolute atomic E-state index is 1.12. The molecule has 2 heterocycles. The van der Waals surface area contributed by atoms with Crippen LogP contribution in [-0.2, 0) is 0 Å². The highest BCUT2D eigenvalue weighted by Gasteiger charge is 1.99. The maximum atomic E-state index is 4.92. The van der Waals surface area contributed by atoms with Gasteiger partial charge in [0.15, 0.2) is 0 Å². The predicted octanol–water partition coefficient (Wildman–Crippen LogP) is -0.829. The van der Waals surface area contributed by atoms with Crippen molar-refractivity contribution in [1.82, 2.24) is 19.9 Å². The molecule has 0 unspecified atom stereocenters. The molecule has 2 aromatic heterocycles. The summed E-state index contributed by atoms with van der Waals surface area (Å²) in [5.41, 5.74) is 0. The van der Waals surface area contributed by atoms with Crippen molar-refractivity contribution in [3.63, 3.8) is 0 Å². The quantitative estimate of drug-likeness (QED) is 0.572. The minimum atomic E-state index is 1.12. The summed E-state index contributed by atoms with van der Waals surface area (Å²) >= 11 is 0. The first-order valence-corrected chi connectivity index (χ1v) is 3.60. The molecule has 1 radical (unpaired) electrons. The smallest absolute Gasteiger partial charge is 0.419 e. The van der Waals surface area contributed by atoms with Gasteiger partial charge in [-0.1, -0.05) is 0 Å². The molecule has 0 aliphatic carbocycles. The van der Waals surface area contributed by atoms with Crippen LogP contribution in [0.4, 0.5) is 0 Å². The molecule has 0 amide bonds. The lowest BCUT2D eigenvalue weighted by Crippen LogP contribution is -2.27. The van der Waals surface area contributed by atoms with Crippen LogP contribution in [0.5, 0.6) is 0 Å². The van der Waals surface area contributed by atoms with Crippen LogP contribution in [0.25, 0.3) is 0 Å². The van der Waals surface area contributed by atoms with E-state index in [0.29, 0.717) is 0 Å². The summed E-state index contributed by atoms with van der Waals surface area (Å²) in [5.74, 6) is 0. The highest BCUT2D eigenvalue weighted by molar-refractivity contribution is 6.18. The third-order valence-electron chi connectivity index (χ3n) is 1.26. The van der Waals surface area contributed by atoms with Crippen LogP contribution < -0.4 is 9.51 Å². The second kappa shape index (κ2) is 3.66. The standard InChI is InChI=1S/C6H6BN4O2/c1-3-8-10(5-1)12-7-13-11-6-2-4-9-11/h1-6H. The van der Waals surface area contributed by atoms with Crippen LogP contribution in [-0.4, -0.2) is 27.6 Å². The van der Waals surface area contributed by atoms with Crippen LogP contribution in [0.3, 0.4) is 0 Å². The third-order valence-corrected chi connectivity index (χ3v) is 1.26. The van der Waals surface area contributed by atoms with Crippen molar-refractivity contribution in [1.29, 1.82) is 0 Å². The Labute approximate surface area is 74.9 Å². The second-order valence-corrected chi connectivity index (χ2v) is 2.12. The Hall–Kier alpha value is -1.92. The molecule has 2 aromatic rings. The van der Waals surface area contributed by atoms with Crippen LogP contribution >= 0.6 is 0 Å². The summed E-state index contributed by atoms with van der Waals surface area (Å²) < 4.78 is 9.83. The molecule has 0 aromatic carbocycles. The molecular weight excluding hydrogens is 171 g/mol. The van der Waals surface area contributed by atoms with Gasteiger partial charge in [0.2, 0.25) is 0 Å². The number of rotatable bonds is 4. The van der Waals surface area contributed by atoms with Gasteiger partial charge in [-0.25, -0.2) is 0 Å². The summed E-state index contributed by atoms with van der Waals surface area (Å²) in [7, 11) is 1.12. The normalized spacial score (nSPS) is 9.54. The zero-order valence-electron chi connectivity index (χ0n) is 6.65. The van der Waals surface area contributed by atoms with Gasteiger partial charge in [-0.05, 0) is 12.1 Å². The number of hydrogen-bond donors (Lipinski definition) is 0. The van der Waals surface area contributed by atoms with Gasteiger partial charge in [-0.2, -0.15) is 0 Å². The molecule has 0 aliphatic rings. The Balaban J connectivity index is 1.76. The Morgan fingerprint density at radius 2 is 1.46 bits per heavy atom. The van der Waals surface area contributed by atoms with E-state index in [-0.39, 0.29) is 0 Å². The van der Waals surface area contributed by atoms with Crippen molar-refractivity contribution in [3.05, 3.63) is 36.9 Å². The molecule has 13 heavy (non-hydrogen) atoms. The van der Waals surface area contributed by atoms with Crippen molar-refractivity contribution in [3.8, 4) is 0 Å². The second-order valence-electron chi connectivity index (χ2n) is 2.12. The Bertz CT molecular complexity index is 299. The monoisotopic (exact) mass is 177 g/mol. The predicted molar refractivity (Wildman–Crippen MR) is 43.4 cm³/mol. The summed E-state index contributed by atoms with van der Waals surface area (Å²) in [6.07, 6.45) is 6.48. The van der Waals surface area contributed by atoms with Crippen molar-refractivity contribution >= 4 is 7.69 Å². The molecule has 0 aliphatic heterocycles. The fraction of sp³-hybridized carbons (Fsp3) is 0. The van der Waals surface area contributed by atoms with Crippen LogP contribution in [0.1, 0.15) is 0 Å². The maximum Gasteiger partial charge on any atom is 0.704 e. The van der Waals surface area contributed by atoms with Gasteiger partial charge in [0.25, 0.3) is 0 Å². The molecule has 7 heteroatoms. The van der Waals surface area contributed by atoms with E-state index in [4.69, 9.17) is 9.51 Å². The molecule has 0 bridgehead atoms. The van der Waals surface area contributed by atoms with E-state index in [1.54, 1.807) is 36.9 Å². The summed E-state index contributed by atoms with van der Waals surface area (Å²) in [6.45, 7) is 0. The van der Waals surface area contributed by atoms with E-state index < -0.39 is 0 Å². The average molecular weight is 177 g/mol. The first-order chi connectivity index (χ1) is 6.45. The zero-order valence-corrected chi connectivity index (χ0v) is 6.65. The summed E-state index contributed by atoms with van der Waals surface area (Å²) in [4.78, 5) is 2.51. The highest BCUT2D eigenvalue weighted by atomic mass is 16.8. The minimum Gasteiger partial charge on any atom is -0.419 e. The van der Waals surface area contributed by atoms with E-state index in [2.05, 4.69) is 10.2 Å². The fourth-order valence-electron chi connectivity index (χ4n) is 0.742. The van der Waals surface area contributed by atoms with Gasteiger partial charge in [0.1, 0.15) is 0 Å². The topological polar surface area (TPSA) is 54.1 Å². The highest BCUT2D eigenvalue weighted by Crippen LogP contribution is 1.79. The van der Waals surface area contributed by atoms with Crippen LogP contribution in [0.2, 0.25) is 0 Å². The molecule has 0 spiro atoms. The van der Waals surface area contributed by atoms with Gasteiger partial charge in [0.05, 0.1) is 24.8 Å². The number of nitrogens with zero attached hydrogens (tertiary/aromatic N) is 4. The molecule has 6 nitrogen and oxygen atoms in total. The van der Waals surface area contributed by atoms with E-state index in [0.717, 1.165) is 7.69 Å². The first-order valence-electron chi connectivity index (χ1n) is 3.60. The largest absolute Gasteiger partial charge is 0.704 e. The van der Waals surface area contributed by atoms with Crippen molar-refractivity contribution in [2.45, 2.75) is 0 Å². The lowest BCUT2D eigenvalue weighted by molar-refractivity contribution is 0.150. The van der Waals surface area contributed by atoms with Crippen molar-refractivity contribution in [2.24, 2.45) is 0 Å². The number of aromatic nitrogens is 4. The lowest BCUT2D eigenvalue weighted by Gasteiger charge is -2.03. The van der Waals surface area contributed by atoms with Gasteiger partial charge in [-0.15, -0.1) is 19.9 Å². The maximum absolute atomic E-state index is 4.92. The molecule has 0 fully saturated rings. The van der Waals surface area contributed by atoms with E-state index in [1.807, 2.05) is 0 Å². The molecule has 2 rings (SSSR count). The fourth-order valence-corrected chi connectivity index (χ4v) is 0.742. The molecule has 0 saturated carbocycles. The van der Waals surface area contributed by atoms with Gasteiger partial charge < -0.3 is 9.51 Å². The van der Waals surface area contributed by atoms with Crippen molar-refractivity contribution < 1.29 is 9.51 Å². The summed E-state index contributed by atoms with van der Waals surface area (Å²) in [6, 6.07) is 3.48. The van der Waals surface area contributed by atoms with Crippen LogP contribution in [0.15, 0.2) is 36.9 Å². The molecule has 0 saturated heterocycles. The lowest BCUT2D eigenvalue weighted by atomic mass is 10.4. The first kappa shape index (κ1) is 7.72. The van der Waals surface area contributed by atoms with Gasteiger partial charge in [0, 0.05) is 0 Å². The Morgan fingerprint density at radius 3 is 1.85 bits per heavy atom. The zero-order chi connectivity index (χ0) is 8.93. The average Bonchev–Trinajstić information content (AvgIpc) is 2.75. The van der Waals surface area contributed by atoms with Gasteiger partial charge >= 0.3 is 7.69 Å². The molecule has 0 N–H and O–H groups in total. The van der Waals surface area contributed by atoms with Crippen LogP contribution in [0, 0.1) is 0 Å². The molecule has 0 atom stereocenters. The third kappa shape index (κ3) is 2.02. The Morgan fingerprint density at radius 1 is 0.923 bits per heavy atom. The van der Waals surface area contributed by atoms with E-state index >= 15 is 0 Å². The SMILES string of the molecule is [B](On1cccn1)On1cccn1. The van der Waals surface area contributed by atoms with E-state index in [1.165, 1.54) is 9.69 Å². The van der Waals surface area contributed by atoms with E-state index in [9.17, 15) is 0 Å². The molecule has 65 valence electrons. The number of hydrogen-bond acceptors (Lipinski definition) is 4. The molecular formula is C6H6BN4O2.